The lowest BCUT2D eigenvalue weighted by Crippen LogP contribution is -2.30. The molecule has 5 nitrogen and oxygen atoms in total. The van der Waals surface area contributed by atoms with Crippen LogP contribution >= 0.6 is 0 Å². The zero-order chi connectivity index (χ0) is 17.6. The van der Waals surface area contributed by atoms with Gasteiger partial charge < -0.3 is 14.7 Å². The number of para-hydroxylation sites is 1. The molecule has 1 heterocycles. The van der Waals surface area contributed by atoms with Gasteiger partial charge in [0, 0.05) is 18.7 Å². The van der Waals surface area contributed by atoms with Crippen molar-refractivity contribution in [2.24, 2.45) is 5.92 Å². The van der Waals surface area contributed by atoms with Crippen LogP contribution < -0.4 is 4.74 Å². The normalized spacial score (nSPS) is 16.6. The molecule has 1 N–H and O–H groups in total. The van der Waals surface area contributed by atoms with Crippen molar-refractivity contribution >= 4 is 11.9 Å². The van der Waals surface area contributed by atoms with E-state index in [0.717, 1.165) is 16.9 Å². The molecule has 5 heteroatoms. The first kappa shape index (κ1) is 17.0. The zero-order valence-corrected chi connectivity index (χ0v) is 13.9. The average Bonchev–Trinajstić information content (AvgIpc) is 3.13. The number of aliphatic carboxylic acids is 1. The third-order valence-electron chi connectivity index (χ3n) is 4.44. The van der Waals surface area contributed by atoms with Crippen LogP contribution in [-0.2, 0) is 9.59 Å². The van der Waals surface area contributed by atoms with E-state index in [4.69, 9.17) is 9.84 Å². The van der Waals surface area contributed by atoms with Gasteiger partial charge in [-0.15, -0.1) is 0 Å². The van der Waals surface area contributed by atoms with E-state index in [-0.39, 0.29) is 18.9 Å². The van der Waals surface area contributed by atoms with Crippen molar-refractivity contribution in [3.63, 3.8) is 0 Å². The van der Waals surface area contributed by atoms with Crippen molar-refractivity contribution in [2.75, 3.05) is 19.7 Å². The molecule has 2 aromatic carbocycles. The van der Waals surface area contributed by atoms with E-state index in [1.165, 1.54) is 0 Å². The molecule has 2 aromatic rings. The number of benzene rings is 2. The van der Waals surface area contributed by atoms with Crippen LogP contribution in [0.3, 0.4) is 0 Å². The monoisotopic (exact) mass is 339 g/mol. The molecule has 1 atom stereocenters. The van der Waals surface area contributed by atoms with Crippen LogP contribution in [0, 0.1) is 5.92 Å². The first-order valence-electron chi connectivity index (χ1n) is 8.43. The number of carbonyl (C=O) groups is 2. The number of hydrogen-bond donors (Lipinski definition) is 1. The maximum atomic E-state index is 12.2. The van der Waals surface area contributed by atoms with Gasteiger partial charge in [0.2, 0.25) is 5.91 Å². The molecule has 25 heavy (non-hydrogen) atoms. The van der Waals surface area contributed by atoms with Crippen LogP contribution in [-0.4, -0.2) is 41.6 Å². The van der Waals surface area contributed by atoms with Gasteiger partial charge in [-0.05, 0) is 18.1 Å². The number of amides is 1. The molecule has 0 spiro atoms. The first-order chi connectivity index (χ1) is 12.1. The number of ether oxygens (including phenoxy) is 1. The van der Waals surface area contributed by atoms with Crippen LogP contribution in [0.15, 0.2) is 54.6 Å². The van der Waals surface area contributed by atoms with Crippen LogP contribution in [0.1, 0.15) is 12.8 Å². The van der Waals surface area contributed by atoms with Crippen LogP contribution in [0.5, 0.6) is 5.75 Å². The van der Waals surface area contributed by atoms with E-state index >= 15 is 0 Å². The molecular formula is C20H21NO4. The summed E-state index contributed by atoms with van der Waals surface area (Å²) in [7, 11) is 0. The third-order valence-corrected chi connectivity index (χ3v) is 4.44. The Morgan fingerprint density at radius 1 is 1.08 bits per heavy atom. The summed E-state index contributed by atoms with van der Waals surface area (Å²) in [6, 6.07) is 17.7. The van der Waals surface area contributed by atoms with E-state index < -0.39 is 11.9 Å². The lowest BCUT2D eigenvalue weighted by Gasteiger charge is -2.16. The van der Waals surface area contributed by atoms with Crippen LogP contribution in [0.4, 0.5) is 0 Å². The van der Waals surface area contributed by atoms with E-state index in [1.807, 2.05) is 54.6 Å². The van der Waals surface area contributed by atoms with E-state index in [0.29, 0.717) is 19.5 Å². The summed E-state index contributed by atoms with van der Waals surface area (Å²) in [6.45, 7) is 1.09. The first-order valence-corrected chi connectivity index (χ1v) is 8.43. The van der Waals surface area contributed by atoms with Crippen LogP contribution in [0.25, 0.3) is 11.1 Å². The fourth-order valence-corrected chi connectivity index (χ4v) is 3.04. The average molecular weight is 339 g/mol. The highest BCUT2D eigenvalue weighted by atomic mass is 16.5. The molecule has 0 aliphatic carbocycles. The quantitative estimate of drug-likeness (QED) is 0.878. The molecule has 1 fully saturated rings. The Hall–Kier alpha value is -2.82. The van der Waals surface area contributed by atoms with Gasteiger partial charge in [0.15, 0.2) is 0 Å². The van der Waals surface area contributed by atoms with E-state index in [2.05, 4.69) is 0 Å². The molecule has 0 saturated carbocycles. The van der Waals surface area contributed by atoms with Crippen molar-refractivity contribution in [1.29, 1.82) is 0 Å². The second-order valence-corrected chi connectivity index (χ2v) is 6.12. The van der Waals surface area contributed by atoms with Gasteiger partial charge in [-0.3, -0.25) is 9.59 Å². The van der Waals surface area contributed by atoms with Gasteiger partial charge in [0.05, 0.1) is 18.9 Å². The maximum absolute atomic E-state index is 12.2. The van der Waals surface area contributed by atoms with Crippen molar-refractivity contribution in [2.45, 2.75) is 12.8 Å². The third kappa shape index (κ3) is 4.18. The number of hydrogen-bond acceptors (Lipinski definition) is 3. The van der Waals surface area contributed by atoms with Gasteiger partial charge in [-0.1, -0.05) is 48.5 Å². The van der Waals surface area contributed by atoms with Crippen LogP contribution in [0.2, 0.25) is 0 Å². The van der Waals surface area contributed by atoms with Gasteiger partial charge in [-0.2, -0.15) is 0 Å². The van der Waals surface area contributed by atoms with Gasteiger partial charge in [0.25, 0.3) is 0 Å². The van der Waals surface area contributed by atoms with Gasteiger partial charge in [0.1, 0.15) is 5.75 Å². The highest BCUT2D eigenvalue weighted by Gasteiger charge is 2.30. The summed E-state index contributed by atoms with van der Waals surface area (Å²) >= 11 is 0. The standard InChI is InChI=1S/C20H21NO4/c22-19(21-12-10-16(14-21)20(23)24)11-13-25-18-9-5-4-8-17(18)15-6-2-1-3-7-15/h1-9,16H,10-14H2,(H,23,24)/t16-/m1/s1. The minimum atomic E-state index is -0.830. The molecule has 130 valence electrons. The lowest BCUT2D eigenvalue weighted by atomic mass is 10.1. The number of carboxylic acid groups (broad SMARTS) is 1. The number of rotatable bonds is 6. The van der Waals surface area contributed by atoms with Crippen molar-refractivity contribution in [3.8, 4) is 16.9 Å². The Balaban J connectivity index is 1.56. The van der Waals surface area contributed by atoms with Gasteiger partial charge in [-0.25, -0.2) is 0 Å². The second kappa shape index (κ2) is 7.83. The Morgan fingerprint density at radius 2 is 1.80 bits per heavy atom. The molecule has 1 aliphatic heterocycles. The molecule has 3 rings (SSSR count). The molecule has 0 unspecified atom stereocenters. The predicted molar refractivity (Wildman–Crippen MR) is 94.3 cm³/mol. The number of nitrogens with zero attached hydrogens (tertiary/aromatic N) is 1. The maximum Gasteiger partial charge on any atom is 0.308 e. The number of carboxylic acids is 1. The predicted octanol–water partition coefficient (Wildman–Crippen LogP) is 3.06. The van der Waals surface area contributed by atoms with Crippen molar-refractivity contribution in [1.82, 2.24) is 4.90 Å². The Morgan fingerprint density at radius 3 is 2.52 bits per heavy atom. The summed E-state index contributed by atoms with van der Waals surface area (Å²) in [4.78, 5) is 24.8. The minimum Gasteiger partial charge on any atom is -0.492 e. The fraction of sp³-hybridized carbons (Fsp3) is 0.300. The highest BCUT2D eigenvalue weighted by molar-refractivity contribution is 5.79. The van der Waals surface area contributed by atoms with Crippen molar-refractivity contribution in [3.05, 3.63) is 54.6 Å². The smallest absolute Gasteiger partial charge is 0.308 e. The summed E-state index contributed by atoms with van der Waals surface area (Å²) < 4.78 is 5.83. The van der Waals surface area contributed by atoms with E-state index in [9.17, 15) is 9.59 Å². The highest BCUT2D eigenvalue weighted by Crippen LogP contribution is 2.29. The fourth-order valence-electron chi connectivity index (χ4n) is 3.04. The number of carbonyl (C=O) groups excluding carboxylic acids is 1. The summed E-state index contributed by atoms with van der Waals surface area (Å²) in [6.07, 6.45) is 0.772. The molecule has 1 aliphatic rings. The number of likely N-dealkylation sites (tertiary alicyclic amines) is 1. The lowest BCUT2D eigenvalue weighted by molar-refractivity contribution is -0.141. The summed E-state index contributed by atoms with van der Waals surface area (Å²) in [5.41, 5.74) is 2.05. The Kier molecular flexibility index (Phi) is 5.33. The molecule has 1 amide bonds. The molecular weight excluding hydrogens is 318 g/mol. The summed E-state index contributed by atoms with van der Waals surface area (Å²) in [5.74, 6) is -0.584. The van der Waals surface area contributed by atoms with E-state index in [1.54, 1.807) is 4.90 Å². The molecule has 0 radical (unpaired) electrons. The summed E-state index contributed by atoms with van der Waals surface area (Å²) in [5, 5.41) is 9.01. The Labute approximate surface area is 146 Å². The second-order valence-electron chi connectivity index (χ2n) is 6.12. The Bertz CT molecular complexity index is 744. The molecule has 1 saturated heterocycles. The SMILES string of the molecule is O=C(O)[C@@H]1CCN(C(=O)CCOc2ccccc2-c2ccccc2)C1. The molecule has 0 aromatic heterocycles. The largest absolute Gasteiger partial charge is 0.492 e. The molecule has 0 bridgehead atoms. The van der Waals surface area contributed by atoms with Gasteiger partial charge >= 0.3 is 5.97 Å². The van der Waals surface area contributed by atoms with Crippen molar-refractivity contribution < 1.29 is 19.4 Å². The zero-order valence-electron chi connectivity index (χ0n) is 13.9. The topological polar surface area (TPSA) is 66.8 Å². The minimum absolute atomic E-state index is 0.0547.